The largest absolute Gasteiger partial charge is 0.465 e. The fourth-order valence-corrected chi connectivity index (χ4v) is 1.69. The predicted octanol–water partition coefficient (Wildman–Crippen LogP) is 2.73. The zero-order valence-electron chi connectivity index (χ0n) is 11.0. The molecule has 1 heterocycles. The quantitative estimate of drug-likeness (QED) is 0.517. The molecule has 0 aliphatic carbocycles. The van der Waals surface area contributed by atoms with Crippen molar-refractivity contribution in [3.05, 3.63) is 57.6 Å². The fraction of sp³-hybridized carbons (Fsp3) is 0.154. The molecule has 0 radical (unpaired) electrons. The second-order valence-corrected chi connectivity index (χ2v) is 4.03. The first-order valence-electron chi connectivity index (χ1n) is 5.86. The van der Waals surface area contributed by atoms with E-state index in [1.165, 1.54) is 31.4 Å². The van der Waals surface area contributed by atoms with Crippen LogP contribution in [0.2, 0.25) is 0 Å². The number of ether oxygens (including phenoxy) is 1. The van der Waals surface area contributed by atoms with Crippen LogP contribution in [0.3, 0.4) is 0 Å². The number of rotatable bonds is 5. The van der Waals surface area contributed by atoms with Crippen molar-refractivity contribution < 1.29 is 23.3 Å². The van der Waals surface area contributed by atoms with Gasteiger partial charge in [-0.15, -0.1) is 0 Å². The van der Waals surface area contributed by atoms with Crippen LogP contribution in [-0.2, 0) is 11.3 Å². The van der Waals surface area contributed by atoms with E-state index in [0.717, 1.165) is 6.07 Å². The maximum atomic E-state index is 13.2. The number of nitro groups is 1. The minimum atomic E-state index is -0.692. The average molecular weight is 294 g/mol. The van der Waals surface area contributed by atoms with Crippen LogP contribution in [-0.4, -0.2) is 18.0 Å². The Kier molecular flexibility index (Phi) is 4.17. The Bertz CT molecular complexity index is 683. The van der Waals surface area contributed by atoms with E-state index in [0.29, 0.717) is 11.4 Å². The van der Waals surface area contributed by atoms with E-state index in [4.69, 9.17) is 4.42 Å². The van der Waals surface area contributed by atoms with E-state index in [2.05, 4.69) is 10.1 Å². The summed E-state index contributed by atoms with van der Waals surface area (Å²) >= 11 is 0. The SMILES string of the molecule is COC(=O)c1cc(F)ccc1NCc1ccc([N+](=O)[O-])o1. The Morgan fingerprint density at radius 2 is 2.19 bits per heavy atom. The molecule has 0 unspecified atom stereocenters. The summed E-state index contributed by atoms with van der Waals surface area (Å²) in [5, 5.41) is 13.3. The fourth-order valence-electron chi connectivity index (χ4n) is 1.69. The maximum Gasteiger partial charge on any atom is 0.433 e. The van der Waals surface area contributed by atoms with Crippen LogP contribution in [0, 0.1) is 15.9 Å². The van der Waals surface area contributed by atoms with Crippen molar-refractivity contribution in [1.82, 2.24) is 0 Å². The molecule has 0 saturated heterocycles. The number of methoxy groups -OCH3 is 1. The smallest absolute Gasteiger partial charge is 0.433 e. The number of nitrogens with zero attached hydrogens (tertiary/aromatic N) is 1. The Labute approximate surface area is 118 Å². The standard InChI is InChI=1S/C13H11FN2O5/c1-20-13(17)10-6-8(14)2-4-11(10)15-7-9-3-5-12(21-9)16(18)19/h2-6,15H,7H2,1H3. The molecule has 2 rings (SSSR count). The van der Waals surface area contributed by atoms with Crippen LogP contribution in [0.25, 0.3) is 0 Å². The maximum absolute atomic E-state index is 13.2. The van der Waals surface area contributed by atoms with Crippen molar-refractivity contribution in [3.63, 3.8) is 0 Å². The van der Waals surface area contributed by atoms with Gasteiger partial charge in [-0.2, -0.15) is 0 Å². The number of furan rings is 1. The third-order valence-electron chi connectivity index (χ3n) is 2.67. The first-order valence-corrected chi connectivity index (χ1v) is 5.86. The van der Waals surface area contributed by atoms with Gasteiger partial charge < -0.3 is 14.5 Å². The Balaban J connectivity index is 2.15. The zero-order chi connectivity index (χ0) is 15.4. The summed E-state index contributed by atoms with van der Waals surface area (Å²) in [6.45, 7) is 0.101. The zero-order valence-corrected chi connectivity index (χ0v) is 11.0. The number of anilines is 1. The molecule has 0 saturated carbocycles. The Morgan fingerprint density at radius 3 is 2.81 bits per heavy atom. The summed E-state index contributed by atoms with van der Waals surface area (Å²) in [7, 11) is 1.19. The molecule has 7 nitrogen and oxygen atoms in total. The van der Waals surface area contributed by atoms with Crippen molar-refractivity contribution in [2.24, 2.45) is 0 Å². The lowest BCUT2D eigenvalue weighted by atomic mass is 10.1. The highest BCUT2D eigenvalue weighted by molar-refractivity contribution is 5.95. The highest BCUT2D eigenvalue weighted by Crippen LogP contribution is 2.21. The monoisotopic (exact) mass is 294 g/mol. The molecule has 0 fully saturated rings. The number of hydrogen-bond donors (Lipinski definition) is 1. The topological polar surface area (TPSA) is 94.6 Å². The molecule has 0 amide bonds. The highest BCUT2D eigenvalue weighted by atomic mass is 19.1. The summed E-state index contributed by atoms with van der Waals surface area (Å²) in [4.78, 5) is 21.4. The van der Waals surface area contributed by atoms with Gasteiger partial charge in [-0.1, -0.05) is 0 Å². The van der Waals surface area contributed by atoms with Crippen molar-refractivity contribution in [3.8, 4) is 0 Å². The number of nitrogens with one attached hydrogen (secondary N) is 1. The van der Waals surface area contributed by atoms with E-state index in [1.807, 2.05) is 0 Å². The lowest BCUT2D eigenvalue weighted by Gasteiger charge is -2.09. The Morgan fingerprint density at radius 1 is 1.43 bits per heavy atom. The first kappa shape index (κ1) is 14.5. The van der Waals surface area contributed by atoms with Crippen molar-refractivity contribution in [1.29, 1.82) is 0 Å². The first-order chi connectivity index (χ1) is 10.0. The molecule has 110 valence electrons. The van der Waals surface area contributed by atoms with Crippen molar-refractivity contribution in [2.45, 2.75) is 6.54 Å². The van der Waals surface area contributed by atoms with Crippen LogP contribution in [0.4, 0.5) is 16.0 Å². The normalized spacial score (nSPS) is 10.2. The number of benzene rings is 1. The molecule has 0 aliphatic heterocycles. The van der Waals surface area contributed by atoms with Crippen LogP contribution >= 0.6 is 0 Å². The lowest BCUT2D eigenvalue weighted by molar-refractivity contribution is -0.402. The second-order valence-electron chi connectivity index (χ2n) is 4.03. The van der Waals surface area contributed by atoms with E-state index in [9.17, 15) is 19.3 Å². The van der Waals surface area contributed by atoms with E-state index >= 15 is 0 Å². The molecule has 1 aromatic carbocycles. The number of carbonyl (C=O) groups is 1. The van der Waals surface area contributed by atoms with Crippen molar-refractivity contribution in [2.75, 3.05) is 12.4 Å². The van der Waals surface area contributed by atoms with Crippen LogP contribution < -0.4 is 5.32 Å². The summed E-state index contributed by atoms with van der Waals surface area (Å²) in [5.41, 5.74) is 0.362. The average Bonchev–Trinajstić information content (AvgIpc) is 2.94. The van der Waals surface area contributed by atoms with E-state index in [1.54, 1.807) is 0 Å². The van der Waals surface area contributed by atoms with E-state index in [-0.39, 0.29) is 18.0 Å². The minimum absolute atomic E-state index is 0.0264. The summed E-state index contributed by atoms with van der Waals surface area (Å²) in [6, 6.07) is 6.26. The van der Waals surface area contributed by atoms with Gasteiger partial charge in [-0.25, -0.2) is 9.18 Å². The third-order valence-corrected chi connectivity index (χ3v) is 2.67. The molecule has 8 heteroatoms. The summed E-state index contributed by atoms with van der Waals surface area (Å²) < 4.78 is 22.7. The van der Waals surface area contributed by atoms with E-state index < -0.39 is 16.7 Å². The molecule has 0 atom stereocenters. The molecule has 0 aliphatic rings. The molecule has 2 aromatic rings. The molecular formula is C13H11FN2O5. The van der Waals surface area contributed by atoms with Gasteiger partial charge in [0.2, 0.25) is 0 Å². The summed E-state index contributed by atoms with van der Waals surface area (Å²) in [6.07, 6.45) is 0. The van der Waals surface area contributed by atoms with Crippen molar-refractivity contribution >= 4 is 17.5 Å². The third kappa shape index (κ3) is 3.35. The molecule has 0 spiro atoms. The van der Waals surface area contributed by atoms with Crippen LogP contribution in [0.15, 0.2) is 34.7 Å². The lowest BCUT2D eigenvalue weighted by Crippen LogP contribution is -2.08. The van der Waals surface area contributed by atoms with Gasteiger partial charge in [0, 0.05) is 5.69 Å². The van der Waals surface area contributed by atoms with Gasteiger partial charge in [-0.05, 0) is 24.3 Å². The number of hydrogen-bond acceptors (Lipinski definition) is 6. The number of esters is 1. The molecule has 0 bridgehead atoms. The van der Waals surface area contributed by atoms with Gasteiger partial charge >= 0.3 is 11.9 Å². The van der Waals surface area contributed by atoms with Gasteiger partial charge in [-0.3, -0.25) is 10.1 Å². The van der Waals surface area contributed by atoms with Gasteiger partial charge in [0.15, 0.2) is 0 Å². The van der Waals surface area contributed by atoms with Crippen LogP contribution in [0.1, 0.15) is 16.1 Å². The summed E-state index contributed by atoms with van der Waals surface area (Å²) in [5.74, 6) is -1.34. The predicted molar refractivity (Wildman–Crippen MR) is 70.4 cm³/mol. The number of carbonyl (C=O) groups excluding carboxylic acids is 1. The van der Waals surface area contributed by atoms with Crippen LogP contribution in [0.5, 0.6) is 0 Å². The molecule has 21 heavy (non-hydrogen) atoms. The Hall–Kier alpha value is -2.90. The molecular weight excluding hydrogens is 283 g/mol. The van der Waals surface area contributed by atoms with Gasteiger partial charge in [0.25, 0.3) is 0 Å². The molecule has 1 aromatic heterocycles. The molecule has 1 N–H and O–H groups in total. The minimum Gasteiger partial charge on any atom is -0.465 e. The number of halogens is 1. The van der Waals surface area contributed by atoms with Gasteiger partial charge in [0.05, 0.1) is 25.3 Å². The highest BCUT2D eigenvalue weighted by Gasteiger charge is 2.15. The van der Waals surface area contributed by atoms with Gasteiger partial charge in [0.1, 0.15) is 16.5 Å². The second kappa shape index (κ2) is 6.04.